The molecule has 3 rings (SSSR count). The molecule has 0 amide bonds. The van der Waals surface area contributed by atoms with Gasteiger partial charge in [-0.1, -0.05) is 12.1 Å². The molecule has 0 atom stereocenters. The number of methoxy groups -OCH3 is 1. The van der Waals surface area contributed by atoms with Gasteiger partial charge in [0.2, 0.25) is 0 Å². The lowest BCUT2D eigenvalue weighted by atomic mass is 10.0. The summed E-state index contributed by atoms with van der Waals surface area (Å²) in [6.07, 6.45) is 1.33. The molecule has 138 valence electrons. The van der Waals surface area contributed by atoms with E-state index in [-0.39, 0.29) is 11.4 Å². The number of ether oxygens (including phenoxy) is 1. The molecule has 1 aromatic heterocycles. The number of rotatable bonds is 5. The van der Waals surface area contributed by atoms with Crippen LogP contribution in [0.15, 0.2) is 53.1 Å². The number of halogens is 3. The lowest BCUT2D eigenvalue weighted by Gasteiger charge is -2.12. The quantitative estimate of drug-likeness (QED) is 0.574. The number of nitrogens with zero attached hydrogens (tertiary/aromatic N) is 1. The standard InChI is InChI=1S/C19H13BrF2N2O3/c1-27-13-4-2-3-10(5-13)11-6-15(21)17(16(22)7-11)24-18-14(19(25)26)8-12(20)9-23-18/h2-9H,1H3,(H,23,24)(H,25,26). The predicted molar refractivity (Wildman–Crippen MR) is 101 cm³/mol. The topological polar surface area (TPSA) is 71.5 Å². The van der Waals surface area contributed by atoms with Gasteiger partial charge in [0.15, 0.2) is 0 Å². The number of hydrogen-bond acceptors (Lipinski definition) is 4. The molecule has 1 heterocycles. The molecule has 0 radical (unpaired) electrons. The fourth-order valence-corrected chi connectivity index (χ4v) is 2.81. The molecule has 2 N–H and O–H groups in total. The van der Waals surface area contributed by atoms with Crippen molar-refractivity contribution in [1.82, 2.24) is 4.98 Å². The fraction of sp³-hybridized carbons (Fsp3) is 0.0526. The van der Waals surface area contributed by atoms with Crippen LogP contribution in [0.1, 0.15) is 10.4 Å². The molecule has 0 saturated heterocycles. The summed E-state index contributed by atoms with van der Waals surface area (Å²) in [4.78, 5) is 15.2. The van der Waals surface area contributed by atoms with E-state index in [1.165, 1.54) is 19.4 Å². The van der Waals surface area contributed by atoms with Crippen LogP contribution < -0.4 is 10.1 Å². The molecular formula is C19H13BrF2N2O3. The normalized spacial score (nSPS) is 10.5. The van der Waals surface area contributed by atoms with E-state index < -0.39 is 23.3 Å². The first kappa shape index (κ1) is 18.8. The number of nitrogens with one attached hydrogen (secondary N) is 1. The Labute approximate surface area is 161 Å². The Morgan fingerprint density at radius 2 is 1.85 bits per heavy atom. The minimum Gasteiger partial charge on any atom is -0.497 e. The zero-order valence-electron chi connectivity index (χ0n) is 14.0. The third kappa shape index (κ3) is 4.06. The van der Waals surface area contributed by atoms with Gasteiger partial charge in [-0.3, -0.25) is 0 Å². The SMILES string of the molecule is COc1cccc(-c2cc(F)c(Nc3ncc(Br)cc3C(=O)O)c(F)c2)c1. The summed E-state index contributed by atoms with van der Waals surface area (Å²) in [5, 5.41) is 11.7. The predicted octanol–water partition coefficient (Wildman–Crippen LogP) is 5.24. The number of aromatic carboxylic acids is 1. The smallest absolute Gasteiger partial charge is 0.339 e. The first-order valence-electron chi connectivity index (χ1n) is 7.68. The molecule has 0 aliphatic heterocycles. The van der Waals surface area contributed by atoms with Gasteiger partial charge in [-0.25, -0.2) is 18.6 Å². The maximum Gasteiger partial charge on any atom is 0.339 e. The molecule has 8 heteroatoms. The number of benzene rings is 2. The Morgan fingerprint density at radius 1 is 1.15 bits per heavy atom. The summed E-state index contributed by atoms with van der Waals surface area (Å²) in [5.74, 6) is -2.65. The van der Waals surface area contributed by atoms with Gasteiger partial charge in [-0.05, 0) is 57.4 Å². The maximum atomic E-state index is 14.6. The highest BCUT2D eigenvalue weighted by Gasteiger charge is 2.18. The second-order valence-corrected chi connectivity index (χ2v) is 6.44. The summed E-state index contributed by atoms with van der Waals surface area (Å²) < 4.78 is 34.7. The average molecular weight is 435 g/mol. The number of anilines is 2. The molecule has 0 spiro atoms. The number of carboxylic acids is 1. The monoisotopic (exact) mass is 434 g/mol. The Kier molecular flexibility index (Phi) is 5.36. The van der Waals surface area contributed by atoms with Gasteiger partial charge in [0.05, 0.1) is 7.11 Å². The number of hydrogen-bond donors (Lipinski definition) is 2. The third-order valence-corrected chi connectivity index (χ3v) is 4.21. The lowest BCUT2D eigenvalue weighted by molar-refractivity contribution is 0.0697. The van der Waals surface area contributed by atoms with Crippen molar-refractivity contribution in [3.05, 3.63) is 70.3 Å². The Hall–Kier alpha value is -3.00. The molecular weight excluding hydrogens is 422 g/mol. The van der Waals surface area contributed by atoms with Gasteiger partial charge in [0.25, 0.3) is 0 Å². The zero-order valence-corrected chi connectivity index (χ0v) is 15.5. The van der Waals surface area contributed by atoms with Crippen molar-refractivity contribution in [3.8, 4) is 16.9 Å². The zero-order chi connectivity index (χ0) is 19.6. The Balaban J connectivity index is 2.00. The number of pyridine rings is 1. The average Bonchev–Trinajstić information content (AvgIpc) is 2.65. The number of carboxylic acid groups (broad SMARTS) is 1. The second kappa shape index (κ2) is 7.71. The fourth-order valence-electron chi connectivity index (χ4n) is 2.48. The summed E-state index contributed by atoms with van der Waals surface area (Å²) in [6.45, 7) is 0. The van der Waals surface area contributed by atoms with Gasteiger partial charge in [-0.2, -0.15) is 0 Å². The van der Waals surface area contributed by atoms with Crippen molar-refractivity contribution in [1.29, 1.82) is 0 Å². The highest BCUT2D eigenvalue weighted by atomic mass is 79.9. The minimum atomic E-state index is -1.28. The summed E-state index contributed by atoms with van der Waals surface area (Å²) >= 11 is 3.11. The van der Waals surface area contributed by atoms with Gasteiger partial charge >= 0.3 is 5.97 Å². The molecule has 3 aromatic rings. The van der Waals surface area contributed by atoms with Crippen molar-refractivity contribution in [2.45, 2.75) is 0 Å². The maximum absolute atomic E-state index is 14.6. The van der Waals surface area contributed by atoms with Crippen LogP contribution in [-0.4, -0.2) is 23.2 Å². The lowest BCUT2D eigenvalue weighted by Crippen LogP contribution is -2.07. The van der Waals surface area contributed by atoms with E-state index in [1.54, 1.807) is 24.3 Å². The van der Waals surface area contributed by atoms with Gasteiger partial charge < -0.3 is 15.2 Å². The van der Waals surface area contributed by atoms with Crippen LogP contribution in [0.2, 0.25) is 0 Å². The number of aromatic nitrogens is 1. The molecule has 0 fully saturated rings. The Morgan fingerprint density at radius 3 is 2.48 bits per heavy atom. The van der Waals surface area contributed by atoms with Crippen LogP contribution in [0.3, 0.4) is 0 Å². The van der Waals surface area contributed by atoms with Crippen LogP contribution in [0.4, 0.5) is 20.3 Å². The van der Waals surface area contributed by atoms with Crippen molar-refractivity contribution < 1.29 is 23.4 Å². The highest BCUT2D eigenvalue weighted by molar-refractivity contribution is 9.10. The first-order valence-corrected chi connectivity index (χ1v) is 8.47. The van der Waals surface area contributed by atoms with E-state index in [0.717, 1.165) is 12.1 Å². The summed E-state index contributed by atoms with van der Waals surface area (Å²) in [7, 11) is 1.50. The van der Waals surface area contributed by atoms with E-state index in [4.69, 9.17) is 4.74 Å². The Bertz CT molecular complexity index is 1000. The van der Waals surface area contributed by atoms with Crippen LogP contribution in [0.25, 0.3) is 11.1 Å². The first-order chi connectivity index (χ1) is 12.9. The molecule has 2 aromatic carbocycles. The second-order valence-electron chi connectivity index (χ2n) is 5.53. The van der Waals surface area contributed by atoms with Gasteiger partial charge in [0, 0.05) is 10.7 Å². The van der Waals surface area contributed by atoms with E-state index >= 15 is 0 Å². The van der Waals surface area contributed by atoms with E-state index in [1.807, 2.05) is 0 Å². The van der Waals surface area contributed by atoms with Crippen molar-refractivity contribution in [2.75, 3.05) is 12.4 Å². The van der Waals surface area contributed by atoms with Crippen LogP contribution >= 0.6 is 15.9 Å². The van der Waals surface area contributed by atoms with Crippen molar-refractivity contribution >= 4 is 33.4 Å². The largest absolute Gasteiger partial charge is 0.497 e. The molecule has 0 aliphatic rings. The van der Waals surface area contributed by atoms with Crippen molar-refractivity contribution in [3.63, 3.8) is 0 Å². The highest BCUT2D eigenvalue weighted by Crippen LogP contribution is 2.31. The van der Waals surface area contributed by atoms with Crippen molar-refractivity contribution in [2.24, 2.45) is 0 Å². The summed E-state index contributed by atoms with van der Waals surface area (Å²) in [6, 6.07) is 10.4. The van der Waals surface area contributed by atoms with E-state index in [0.29, 0.717) is 21.3 Å². The van der Waals surface area contributed by atoms with E-state index in [2.05, 4.69) is 26.2 Å². The molecule has 0 unspecified atom stereocenters. The molecule has 0 saturated carbocycles. The molecule has 27 heavy (non-hydrogen) atoms. The van der Waals surface area contributed by atoms with Gasteiger partial charge in [-0.15, -0.1) is 0 Å². The third-order valence-electron chi connectivity index (χ3n) is 3.77. The molecule has 0 aliphatic carbocycles. The molecule has 0 bridgehead atoms. The van der Waals surface area contributed by atoms with Gasteiger partial charge in [0.1, 0.15) is 34.5 Å². The molecule has 5 nitrogen and oxygen atoms in total. The number of carbonyl (C=O) groups is 1. The van der Waals surface area contributed by atoms with Crippen LogP contribution in [0.5, 0.6) is 5.75 Å². The van der Waals surface area contributed by atoms with Crippen LogP contribution in [-0.2, 0) is 0 Å². The van der Waals surface area contributed by atoms with E-state index in [9.17, 15) is 18.7 Å². The van der Waals surface area contributed by atoms with Crippen LogP contribution in [0, 0.1) is 11.6 Å². The summed E-state index contributed by atoms with van der Waals surface area (Å²) in [5.41, 5.74) is 0.183. The minimum absolute atomic E-state index is 0.169.